The quantitative estimate of drug-likeness (QED) is 0.366. The number of halogens is 5. The van der Waals surface area contributed by atoms with Crippen LogP contribution in [0.5, 0.6) is 0 Å². The lowest BCUT2D eigenvalue weighted by Gasteiger charge is -2.11. The molecule has 0 radical (unpaired) electrons. The van der Waals surface area contributed by atoms with Gasteiger partial charge < -0.3 is 5.32 Å². The van der Waals surface area contributed by atoms with Crippen molar-refractivity contribution < 1.29 is 19.2 Å². The smallest absolute Gasteiger partial charge is 0.251 e. The molecular formula is C22H17Cl5N2O4. The van der Waals surface area contributed by atoms with E-state index in [1.165, 1.54) is 19.2 Å². The van der Waals surface area contributed by atoms with Gasteiger partial charge in [-0.05, 0) is 42.0 Å². The minimum absolute atomic E-state index is 0.0625. The molecule has 2 aliphatic rings. The molecule has 2 fully saturated rings. The molecule has 33 heavy (non-hydrogen) atoms. The molecule has 0 aromatic heterocycles. The molecule has 1 aliphatic carbocycles. The van der Waals surface area contributed by atoms with Crippen LogP contribution in [0.3, 0.4) is 0 Å². The van der Waals surface area contributed by atoms with Crippen molar-refractivity contribution in [2.75, 3.05) is 19.0 Å². The highest BCUT2D eigenvalue weighted by Gasteiger charge is 2.67. The van der Waals surface area contributed by atoms with Gasteiger partial charge in [-0.25, -0.2) is 5.06 Å². The SMILES string of the molecule is CN1OCC(CC(=O)c2cc(NC(=O)C3C(c4cc(Cl)cc(Cl)c4)C3(Cl)Cl)ccc2Cl)C1=O. The Morgan fingerprint density at radius 1 is 1.12 bits per heavy atom. The zero-order valence-corrected chi connectivity index (χ0v) is 20.9. The van der Waals surface area contributed by atoms with Crippen LogP contribution in [0.2, 0.25) is 15.1 Å². The first-order chi connectivity index (χ1) is 15.5. The van der Waals surface area contributed by atoms with Crippen molar-refractivity contribution in [2.24, 2.45) is 11.8 Å². The number of anilines is 1. The van der Waals surface area contributed by atoms with Crippen LogP contribution in [0.25, 0.3) is 0 Å². The molecule has 0 bridgehead atoms. The van der Waals surface area contributed by atoms with E-state index < -0.39 is 28.0 Å². The number of nitrogens with zero attached hydrogens (tertiary/aromatic N) is 1. The van der Waals surface area contributed by atoms with E-state index >= 15 is 0 Å². The number of carbonyl (C=O) groups is 3. The van der Waals surface area contributed by atoms with Gasteiger partial charge in [0.15, 0.2) is 5.78 Å². The van der Waals surface area contributed by atoms with Gasteiger partial charge in [-0.1, -0.05) is 34.8 Å². The van der Waals surface area contributed by atoms with Gasteiger partial charge in [-0.2, -0.15) is 0 Å². The standard InChI is InChI=1S/C22H17Cl5N2O4/c1-29-21(32)11(9-33-29)6-17(30)15-8-14(2-3-16(15)25)28-20(31)19-18(22(19,26)27)10-4-12(23)7-13(24)5-10/h2-5,7-8,11,18-19H,6,9H2,1H3,(H,28,31). The minimum atomic E-state index is -1.34. The molecule has 3 unspecified atom stereocenters. The molecule has 2 amide bonds. The molecular weight excluding hydrogens is 534 g/mol. The van der Waals surface area contributed by atoms with Gasteiger partial charge >= 0.3 is 0 Å². The molecule has 2 aromatic rings. The van der Waals surface area contributed by atoms with Crippen LogP contribution >= 0.6 is 58.0 Å². The molecule has 4 rings (SSSR count). The number of hydroxylamine groups is 2. The molecule has 1 heterocycles. The Morgan fingerprint density at radius 2 is 1.79 bits per heavy atom. The van der Waals surface area contributed by atoms with Gasteiger partial charge in [-0.15, -0.1) is 23.2 Å². The minimum Gasteiger partial charge on any atom is -0.326 e. The average Bonchev–Trinajstić information content (AvgIpc) is 3.19. The van der Waals surface area contributed by atoms with Crippen molar-refractivity contribution >= 4 is 81.3 Å². The lowest BCUT2D eigenvalue weighted by Crippen LogP contribution is -2.23. The van der Waals surface area contributed by atoms with Crippen molar-refractivity contribution in [3.8, 4) is 0 Å². The van der Waals surface area contributed by atoms with Crippen molar-refractivity contribution in [2.45, 2.75) is 16.7 Å². The third-order valence-electron chi connectivity index (χ3n) is 5.68. The van der Waals surface area contributed by atoms with Crippen molar-refractivity contribution in [1.29, 1.82) is 0 Å². The normalized spacial score (nSPS) is 23.5. The van der Waals surface area contributed by atoms with Crippen molar-refractivity contribution in [3.05, 3.63) is 62.6 Å². The van der Waals surface area contributed by atoms with E-state index in [2.05, 4.69) is 5.32 Å². The summed E-state index contributed by atoms with van der Waals surface area (Å²) < 4.78 is -1.34. The molecule has 2 aromatic carbocycles. The first kappa shape index (κ1) is 24.6. The monoisotopic (exact) mass is 548 g/mol. The number of rotatable bonds is 6. The molecule has 0 spiro atoms. The first-order valence-corrected chi connectivity index (χ1v) is 11.8. The largest absolute Gasteiger partial charge is 0.326 e. The molecule has 6 nitrogen and oxygen atoms in total. The summed E-state index contributed by atoms with van der Waals surface area (Å²) in [5.41, 5.74) is 1.18. The number of benzene rings is 2. The second-order valence-corrected chi connectivity index (χ2v) is 10.7. The summed E-state index contributed by atoms with van der Waals surface area (Å²) in [4.78, 5) is 42.9. The highest BCUT2D eigenvalue weighted by atomic mass is 35.5. The molecule has 11 heteroatoms. The maximum atomic E-state index is 12.9. The number of hydrogen-bond donors (Lipinski definition) is 1. The number of nitrogens with one attached hydrogen (secondary N) is 1. The Morgan fingerprint density at radius 3 is 2.39 bits per heavy atom. The third-order valence-corrected chi connectivity index (χ3v) is 7.38. The Balaban J connectivity index is 1.48. The van der Waals surface area contributed by atoms with Crippen LogP contribution in [0.4, 0.5) is 5.69 Å². The summed E-state index contributed by atoms with van der Waals surface area (Å²) in [6.07, 6.45) is -0.0625. The molecule has 1 N–H and O–H groups in total. The van der Waals surface area contributed by atoms with E-state index in [1.807, 2.05) is 0 Å². The van der Waals surface area contributed by atoms with E-state index in [0.717, 1.165) is 5.06 Å². The molecule has 1 saturated carbocycles. The van der Waals surface area contributed by atoms with Crippen LogP contribution in [-0.4, -0.2) is 40.6 Å². The Hall–Kier alpha value is -1.54. The van der Waals surface area contributed by atoms with E-state index in [-0.39, 0.29) is 35.3 Å². The predicted molar refractivity (Wildman–Crippen MR) is 128 cm³/mol. The number of hydrogen-bond acceptors (Lipinski definition) is 4. The zero-order valence-electron chi connectivity index (χ0n) is 17.1. The third kappa shape index (κ3) is 4.97. The summed E-state index contributed by atoms with van der Waals surface area (Å²) >= 11 is 31.1. The fourth-order valence-corrected chi connectivity index (χ4v) is 5.53. The van der Waals surface area contributed by atoms with Gasteiger partial charge in [0.1, 0.15) is 4.33 Å². The fraction of sp³-hybridized carbons (Fsp3) is 0.318. The van der Waals surface area contributed by atoms with E-state index in [4.69, 9.17) is 62.8 Å². The Labute approximate surface area is 215 Å². The van der Waals surface area contributed by atoms with Gasteiger partial charge in [-0.3, -0.25) is 19.2 Å². The number of Topliss-reactive ketones (excluding diaryl/α,β-unsaturated/α-hetero) is 1. The van der Waals surface area contributed by atoms with Crippen LogP contribution in [-0.2, 0) is 14.4 Å². The molecule has 174 valence electrons. The van der Waals surface area contributed by atoms with Gasteiger partial charge in [0.25, 0.3) is 5.91 Å². The van der Waals surface area contributed by atoms with Crippen molar-refractivity contribution in [3.63, 3.8) is 0 Å². The van der Waals surface area contributed by atoms with E-state index in [0.29, 0.717) is 21.3 Å². The second kappa shape index (κ2) is 9.25. The van der Waals surface area contributed by atoms with Gasteiger partial charge in [0, 0.05) is 40.7 Å². The first-order valence-electron chi connectivity index (χ1n) is 9.87. The molecule has 3 atom stereocenters. The lowest BCUT2D eigenvalue weighted by molar-refractivity contribution is -0.155. The fourth-order valence-electron chi connectivity index (χ4n) is 3.93. The molecule has 1 saturated heterocycles. The topological polar surface area (TPSA) is 75.7 Å². The van der Waals surface area contributed by atoms with E-state index in [9.17, 15) is 14.4 Å². The summed E-state index contributed by atoms with van der Waals surface area (Å²) in [6, 6.07) is 9.42. The number of carbonyl (C=O) groups excluding carboxylic acids is 3. The van der Waals surface area contributed by atoms with Gasteiger partial charge in [0.05, 0.1) is 23.5 Å². The maximum absolute atomic E-state index is 12.9. The maximum Gasteiger partial charge on any atom is 0.251 e. The molecule has 1 aliphatic heterocycles. The zero-order chi connectivity index (χ0) is 24.1. The van der Waals surface area contributed by atoms with Crippen LogP contribution in [0.15, 0.2) is 36.4 Å². The number of amides is 2. The predicted octanol–water partition coefficient (Wildman–Crippen LogP) is 5.77. The van der Waals surface area contributed by atoms with E-state index in [1.54, 1.807) is 24.3 Å². The average molecular weight is 551 g/mol. The second-order valence-electron chi connectivity index (χ2n) is 7.97. The van der Waals surface area contributed by atoms with Crippen LogP contribution in [0.1, 0.15) is 28.3 Å². The van der Waals surface area contributed by atoms with Crippen LogP contribution in [0, 0.1) is 11.8 Å². The summed E-state index contributed by atoms with van der Waals surface area (Å²) in [5.74, 6) is -2.88. The highest BCUT2D eigenvalue weighted by Crippen LogP contribution is 2.65. The van der Waals surface area contributed by atoms with Gasteiger partial charge in [0.2, 0.25) is 5.91 Å². The number of ketones is 1. The Kier molecular flexibility index (Phi) is 6.89. The highest BCUT2D eigenvalue weighted by molar-refractivity contribution is 6.53. The summed E-state index contributed by atoms with van der Waals surface area (Å²) in [7, 11) is 1.49. The van der Waals surface area contributed by atoms with Crippen LogP contribution < -0.4 is 5.32 Å². The van der Waals surface area contributed by atoms with Crippen molar-refractivity contribution in [1.82, 2.24) is 5.06 Å². The summed E-state index contributed by atoms with van der Waals surface area (Å²) in [6.45, 7) is 0.124. The lowest BCUT2D eigenvalue weighted by atomic mass is 9.98. The Bertz CT molecular complexity index is 1140. The number of alkyl halides is 2. The summed E-state index contributed by atoms with van der Waals surface area (Å²) in [5, 5.41) is 4.87.